The third-order valence-electron chi connectivity index (χ3n) is 5.55. The molecule has 1 saturated heterocycles. The molecule has 4 rings (SSSR count). The number of hydrogen-bond acceptors (Lipinski definition) is 5. The first kappa shape index (κ1) is 17.5. The third-order valence-corrected chi connectivity index (χ3v) is 5.55. The second-order valence-electron chi connectivity index (χ2n) is 7.14. The van der Waals surface area contributed by atoms with Gasteiger partial charge in [-0.15, -0.1) is 0 Å². The molecule has 0 aliphatic carbocycles. The van der Waals surface area contributed by atoms with Gasteiger partial charge in [0.25, 0.3) is 0 Å². The fourth-order valence-electron chi connectivity index (χ4n) is 4.05. The Labute approximate surface area is 157 Å². The summed E-state index contributed by atoms with van der Waals surface area (Å²) in [6, 6.07) is 11.3. The number of benzene rings is 1. The maximum Gasteiger partial charge on any atom is 0.311 e. The number of nitrogens with zero attached hydrogens (tertiary/aromatic N) is 4. The number of pyridine rings is 1. The molecule has 7 nitrogen and oxygen atoms in total. The van der Waals surface area contributed by atoms with Crippen LogP contribution in [0.1, 0.15) is 24.0 Å². The number of aromatic nitrogens is 1. The summed E-state index contributed by atoms with van der Waals surface area (Å²) >= 11 is 0. The molecule has 2 aliphatic heterocycles. The van der Waals surface area contributed by atoms with Crippen molar-refractivity contribution in [3.8, 4) is 0 Å². The van der Waals surface area contributed by atoms with Crippen molar-refractivity contribution >= 4 is 17.4 Å². The third kappa shape index (κ3) is 3.49. The van der Waals surface area contributed by atoms with Gasteiger partial charge in [-0.1, -0.05) is 24.3 Å². The highest BCUT2D eigenvalue weighted by molar-refractivity contribution is 5.79. The van der Waals surface area contributed by atoms with E-state index in [1.165, 1.54) is 17.2 Å². The van der Waals surface area contributed by atoms with E-state index in [4.69, 9.17) is 0 Å². The van der Waals surface area contributed by atoms with Crippen molar-refractivity contribution in [2.45, 2.75) is 25.8 Å². The molecular formula is C20H22N4O3. The summed E-state index contributed by atoms with van der Waals surface area (Å²) in [6.07, 6.45) is 3.88. The maximum atomic E-state index is 13.0. The summed E-state index contributed by atoms with van der Waals surface area (Å²) in [5.74, 6) is 0.592. The first-order valence-electron chi connectivity index (χ1n) is 9.33. The van der Waals surface area contributed by atoms with Crippen LogP contribution in [0.15, 0.2) is 42.6 Å². The van der Waals surface area contributed by atoms with Crippen LogP contribution < -0.4 is 4.90 Å². The zero-order valence-electron chi connectivity index (χ0n) is 15.1. The van der Waals surface area contributed by atoms with E-state index in [0.717, 1.165) is 13.0 Å². The SMILES string of the molecule is O=C(C1CCN(c2ncccc2[N+](=O)[O-])CC1)N1CCc2ccccc2C1. The van der Waals surface area contributed by atoms with E-state index in [0.29, 0.717) is 38.3 Å². The molecule has 1 aromatic carbocycles. The summed E-state index contributed by atoms with van der Waals surface area (Å²) in [4.78, 5) is 31.9. The van der Waals surface area contributed by atoms with E-state index >= 15 is 0 Å². The van der Waals surface area contributed by atoms with Crippen LogP contribution in [0.25, 0.3) is 0 Å². The molecule has 0 atom stereocenters. The van der Waals surface area contributed by atoms with Gasteiger partial charge in [0.1, 0.15) is 0 Å². The first-order chi connectivity index (χ1) is 13.1. The Morgan fingerprint density at radius 1 is 1.07 bits per heavy atom. The second kappa shape index (κ2) is 7.34. The molecule has 0 spiro atoms. The molecule has 2 aromatic rings. The van der Waals surface area contributed by atoms with Crippen molar-refractivity contribution in [2.24, 2.45) is 5.92 Å². The Hall–Kier alpha value is -2.96. The van der Waals surface area contributed by atoms with Crippen LogP contribution in [0.3, 0.4) is 0 Å². The Bertz CT molecular complexity index is 862. The zero-order valence-corrected chi connectivity index (χ0v) is 15.1. The molecule has 0 radical (unpaired) electrons. The normalized spacial score (nSPS) is 17.5. The molecule has 0 unspecified atom stereocenters. The van der Waals surface area contributed by atoms with Crippen molar-refractivity contribution < 1.29 is 9.72 Å². The van der Waals surface area contributed by atoms with Crippen LogP contribution >= 0.6 is 0 Å². The number of anilines is 1. The molecule has 7 heteroatoms. The lowest BCUT2D eigenvalue weighted by atomic mass is 9.93. The van der Waals surface area contributed by atoms with Crippen LogP contribution in [0.2, 0.25) is 0 Å². The summed E-state index contributed by atoms with van der Waals surface area (Å²) in [6.45, 7) is 2.67. The summed E-state index contributed by atoms with van der Waals surface area (Å²) in [5.41, 5.74) is 2.59. The number of hydrogen-bond donors (Lipinski definition) is 0. The molecule has 140 valence electrons. The predicted octanol–water partition coefficient (Wildman–Crippen LogP) is 2.79. The van der Waals surface area contributed by atoms with Gasteiger partial charge in [-0.25, -0.2) is 4.98 Å². The molecule has 2 aliphatic rings. The highest BCUT2D eigenvalue weighted by Crippen LogP contribution is 2.30. The van der Waals surface area contributed by atoms with E-state index in [-0.39, 0.29) is 17.5 Å². The molecule has 0 saturated carbocycles. The van der Waals surface area contributed by atoms with Gasteiger partial charge in [-0.2, -0.15) is 0 Å². The van der Waals surface area contributed by atoms with Crippen LogP contribution in [0.5, 0.6) is 0 Å². The van der Waals surface area contributed by atoms with E-state index in [1.807, 2.05) is 21.9 Å². The predicted molar refractivity (Wildman–Crippen MR) is 101 cm³/mol. The van der Waals surface area contributed by atoms with Gasteiger partial charge in [0.15, 0.2) is 0 Å². The highest BCUT2D eigenvalue weighted by Gasteiger charge is 2.32. The van der Waals surface area contributed by atoms with Crippen LogP contribution in [-0.4, -0.2) is 40.3 Å². The lowest BCUT2D eigenvalue weighted by molar-refractivity contribution is -0.384. The monoisotopic (exact) mass is 366 g/mol. The average Bonchev–Trinajstić information content (AvgIpc) is 2.73. The fraction of sp³-hybridized carbons (Fsp3) is 0.400. The minimum atomic E-state index is -0.398. The van der Waals surface area contributed by atoms with Gasteiger partial charge in [0.2, 0.25) is 11.7 Å². The van der Waals surface area contributed by atoms with Gasteiger partial charge in [0, 0.05) is 44.4 Å². The van der Waals surface area contributed by atoms with E-state index in [9.17, 15) is 14.9 Å². The molecule has 1 fully saturated rings. The largest absolute Gasteiger partial charge is 0.351 e. The van der Waals surface area contributed by atoms with E-state index in [1.54, 1.807) is 12.3 Å². The Kier molecular flexibility index (Phi) is 4.75. The summed E-state index contributed by atoms with van der Waals surface area (Å²) in [5, 5.41) is 11.2. The van der Waals surface area contributed by atoms with E-state index < -0.39 is 4.92 Å². The summed E-state index contributed by atoms with van der Waals surface area (Å²) < 4.78 is 0. The topological polar surface area (TPSA) is 79.6 Å². The standard InChI is InChI=1S/C20H22N4O3/c25-20(23-13-7-15-4-1-2-5-17(15)14-23)16-8-11-22(12-9-16)19-18(24(26)27)6-3-10-21-19/h1-6,10,16H,7-9,11-14H2. The van der Waals surface area contributed by atoms with Gasteiger partial charge in [0.05, 0.1) is 4.92 Å². The quantitative estimate of drug-likeness (QED) is 0.616. The Morgan fingerprint density at radius 3 is 2.56 bits per heavy atom. The summed E-state index contributed by atoms with van der Waals surface area (Å²) in [7, 11) is 0. The second-order valence-corrected chi connectivity index (χ2v) is 7.14. The number of rotatable bonds is 3. The van der Waals surface area contributed by atoms with Crippen molar-refractivity contribution in [2.75, 3.05) is 24.5 Å². The lowest BCUT2D eigenvalue weighted by Gasteiger charge is -2.36. The van der Waals surface area contributed by atoms with Crippen molar-refractivity contribution in [1.82, 2.24) is 9.88 Å². The van der Waals surface area contributed by atoms with Gasteiger partial charge >= 0.3 is 5.69 Å². The van der Waals surface area contributed by atoms with Gasteiger partial charge in [-0.3, -0.25) is 14.9 Å². The molecule has 1 aromatic heterocycles. The average molecular weight is 366 g/mol. The smallest absolute Gasteiger partial charge is 0.311 e. The molecule has 3 heterocycles. The Morgan fingerprint density at radius 2 is 1.81 bits per heavy atom. The molecular weight excluding hydrogens is 344 g/mol. The molecule has 0 N–H and O–H groups in total. The van der Waals surface area contributed by atoms with Crippen LogP contribution in [0, 0.1) is 16.0 Å². The molecule has 27 heavy (non-hydrogen) atoms. The first-order valence-corrected chi connectivity index (χ1v) is 9.33. The number of nitro groups is 1. The lowest BCUT2D eigenvalue weighted by Crippen LogP contribution is -2.44. The minimum absolute atomic E-state index is 0.0192. The number of carbonyl (C=O) groups excluding carboxylic acids is 1. The van der Waals surface area contributed by atoms with E-state index in [2.05, 4.69) is 17.1 Å². The zero-order chi connectivity index (χ0) is 18.8. The maximum absolute atomic E-state index is 13.0. The number of fused-ring (bicyclic) bond motifs is 1. The van der Waals surface area contributed by atoms with Crippen molar-refractivity contribution in [3.63, 3.8) is 0 Å². The minimum Gasteiger partial charge on any atom is -0.351 e. The van der Waals surface area contributed by atoms with Crippen LogP contribution in [-0.2, 0) is 17.8 Å². The van der Waals surface area contributed by atoms with Crippen LogP contribution in [0.4, 0.5) is 11.5 Å². The van der Waals surface area contributed by atoms with Gasteiger partial charge in [-0.05, 0) is 36.5 Å². The molecule has 0 bridgehead atoms. The highest BCUT2D eigenvalue weighted by atomic mass is 16.6. The number of amides is 1. The van der Waals surface area contributed by atoms with Crippen molar-refractivity contribution in [3.05, 3.63) is 63.8 Å². The van der Waals surface area contributed by atoms with Gasteiger partial charge < -0.3 is 9.80 Å². The number of piperidine rings is 1. The van der Waals surface area contributed by atoms with Crippen molar-refractivity contribution in [1.29, 1.82) is 0 Å². The molecule has 1 amide bonds. The fourth-order valence-corrected chi connectivity index (χ4v) is 4.05. The number of carbonyl (C=O) groups is 1. The Balaban J connectivity index is 1.40.